The molecule has 1 saturated heterocycles. The summed E-state index contributed by atoms with van der Waals surface area (Å²) in [5, 5.41) is 29.6. The van der Waals surface area contributed by atoms with Crippen LogP contribution in [0.1, 0.15) is 30.4 Å². The zero-order chi connectivity index (χ0) is 34.3. The number of nitrogens with zero attached hydrogens (tertiary/aromatic N) is 2. The topological polar surface area (TPSA) is 180 Å². The fourth-order valence-electron chi connectivity index (χ4n) is 5.47. The van der Waals surface area contributed by atoms with Gasteiger partial charge >= 0.3 is 23.7 Å². The normalized spacial score (nSPS) is 20.1. The number of hydrogen-bond donors (Lipinski definition) is 3. The van der Waals surface area contributed by atoms with Crippen molar-refractivity contribution < 1.29 is 53.5 Å². The third-order valence-electron chi connectivity index (χ3n) is 7.85. The van der Waals surface area contributed by atoms with Gasteiger partial charge in [-0.2, -0.15) is 0 Å². The lowest BCUT2D eigenvalue weighted by molar-refractivity contribution is -0.215. The van der Waals surface area contributed by atoms with E-state index in [-0.39, 0.29) is 0 Å². The molecular formula is C34H36N2O11. The van der Waals surface area contributed by atoms with Gasteiger partial charge in [0, 0.05) is 26.1 Å². The number of aryl methyl sites for hydroxylation is 1. The second kappa shape index (κ2) is 14.9. The van der Waals surface area contributed by atoms with Gasteiger partial charge < -0.3 is 39.3 Å². The molecule has 0 bridgehead atoms. The summed E-state index contributed by atoms with van der Waals surface area (Å²) in [4.78, 5) is 65.2. The second-order valence-electron chi connectivity index (χ2n) is 11.3. The average molecular weight is 649 g/mol. The number of benzene rings is 3. The molecule has 0 aliphatic carbocycles. The number of aliphatic carboxylic acids is 3. The van der Waals surface area contributed by atoms with Crippen LogP contribution in [0, 0.1) is 0 Å². The Morgan fingerprint density at radius 3 is 1.89 bits per heavy atom. The van der Waals surface area contributed by atoms with E-state index in [0.717, 1.165) is 20.9 Å². The Labute approximate surface area is 270 Å². The number of carboxylic acids is 3. The molecule has 3 aromatic rings. The lowest BCUT2D eigenvalue weighted by atomic mass is 9.85. The molecule has 248 valence electrons. The van der Waals surface area contributed by atoms with Gasteiger partial charge in [-0.15, -0.1) is 0 Å². The Morgan fingerprint density at radius 2 is 1.36 bits per heavy atom. The first-order valence-corrected chi connectivity index (χ1v) is 14.8. The molecule has 0 saturated carbocycles. The van der Waals surface area contributed by atoms with Crippen molar-refractivity contribution in [3.05, 3.63) is 96.1 Å². The van der Waals surface area contributed by atoms with E-state index in [9.17, 15) is 39.3 Å². The van der Waals surface area contributed by atoms with Crippen LogP contribution >= 0.6 is 0 Å². The van der Waals surface area contributed by atoms with Crippen molar-refractivity contribution in [2.45, 2.75) is 49.7 Å². The van der Waals surface area contributed by atoms with Crippen molar-refractivity contribution in [3.8, 4) is 11.5 Å². The van der Waals surface area contributed by atoms with E-state index in [0.29, 0.717) is 24.3 Å². The number of para-hydroxylation sites is 1. The largest absolute Gasteiger partial charge is 0.480 e. The summed E-state index contributed by atoms with van der Waals surface area (Å²) in [5.41, 5.74) is 1.73. The van der Waals surface area contributed by atoms with E-state index in [1.165, 1.54) is 14.1 Å². The number of amides is 2. The highest BCUT2D eigenvalue weighted by Gasteiger charge is 2.64. The SMILES string of the molecule is CC(C(CCc1ccccc1)c1ccc(Oc2ccccc2)cc1)N(CC(=O)O)C(=O)C1OC(C(=O)O)(C(=O)N(C)C)OC1C(=O)O. The molecule has 1 aliphatic heterocycles. The number of carbonyl (C=O) groups excluding carboxylic acids is 2. The zero-order valence-electron chi connectivity index (χ0n) is 26.0. The predicted molar refractivity (Wildman–Crippen MR) is 166 cm³/mol. The number of carboxylic acid groups (broad SMARTS) is 3. The van der Waals surface area contributed by atoms with Crippen molar-refractivity contribution in [2.75, 3.05) is 20.6 Å². The lowest BCUT2D eigenvalue weighted by Crippen LogP contribution is -2.55. The van der Waals surface area contributed by atoms with Gasteiger partial charge in [0.15, 0.2) is 12.2 Å². The smallest absolute Gasteiger partial charge is 0.375 e. The van der Waals surface area contributed by atoms with E-state index in [1.54, 1.807) is 43.3 Å². The highest BCUT2D eigenvalue weighted by atomic mass is 16.8. The van der Waals surface area contributed by atoms with E-state index in [4.69, 9.17) is 14.2 Å². The standard InChI is InChI=1S/C34H36N2O11/c1-21(36(20-27(37)38)30(39)28-29(31(40)41)47-34(46-28,33(43)44)32(42)35(2)3)26(19-14-22-10-6-4-7-11-22)23-15-17-25(18-16-23)45-24-12-8-5-9-13-24/h4-13,15-18,21,26,28-29H,14,19-20H2,1-3H3,(H,37,38)(H,40,41)(H,43,44). The van der Waals surface area contributed by atoms with Gasteiger partial charge in [-0.3, -0.25) is 14.4 Å². The maximum atomic E-state index is 14.1. The first-order chi connectivity index (χ1) is 22.3. The van der Waals surface area contributed by atoms with Gasteiger partial charge in [-0.1, -0.05) is 60.7 Å². The number of hydrogen-bond acceptors (Lipinski definition) is 8. The highest BCUT2D eigenvalue weighted by molar-refractivity contribution is 6.05. The average Bonchev–Trinajstić information content (AvgIpc) is 3.47. The van der Waals surface area contributed by atoms with Gasteiger partial charge in [0.2, 0.25) is 0 Å². The Bertz CT molecular complexity index is 1580. The molecule has 3 N–H and O–H groups in total. The molecule has 47 heavy (non-hydrogen) atoms. The van der Waals surface area contributed by atoms with Crippen LogP contribution in [0.5, 0.6) is 11.5 Å². The number of carbonyl (C=O) groups is 5. The first-order valence-electron chi connectivity index (χ1n) is 14.8. The van der Waals surface area contributed by atoms with Crippen molar-refractivity contribution in [2.24, 2.45) is 0 Å². The van der Waals surface area contributed by atoms with E-state index in [2.05, 4.69) is 0 Å². The number of rotatable bonds is 14. The Kier molecular flexibility index (Phi) is 11.0. The minimum Gasteiger partial charge on any atom is -0.480 e. The third kappa shape index (κ3) is 7.94. The van der Waals surface area contributed by atoms with Gasteiger partial charge in [0.05, 0.1) is 0 Å². The van der Waals surface area contributed by atoms with Gasteiger partial charge in [-0.25, -0.2) is 9.59 Å². The summed E-state index contributed by atoms with van der Waals surface area (Å²) in [6, 6.07) is 24.9. The van der Waals surface area contributed by atoms with Crippen molar-refractivity contribution in [3.63, 3.8) is 0 Å². The molecule has 0 aromatic heterocycles. The minimum absolute atomic E-state index is 0.441. The van der Waals surface area contributed by atoms with E-state index in [1.807, 2.05) is 48.5 Å². The molecule has 5 unspecified atom stereocenters. The molecular weight excluding hydrogens is 612 g/mol. The predicted octanol–water partition coefficient (Wildman–Crippen LogP) is 3.23. The molecule has 13 heteroatoms. The summed E-state index contributed by atoms with van der Waals surface area (Å²) in [7, 11) is 2.41. The van der Waals surface area contributed by atoms with E-state index < -0.39 is 66.2 Å². The van der Waals surface area contributed by atoms with Crippen molar-refractivity contribution >= 4 is 29.7 Å². The van der Waals surface area contributed by atoms with Gasteiger partial charge in [-0.05, 0) is 55.2 Å². The zero-order valence-corrected chi connectivity index (χ0v) is 26.0. The summed E-state index contributed by atoms with van der Waals surface area (Å²) in [5.74, 6) is -10.0. The van der Waals surface area contributed by atoms with E-state index >= 15 is 0 Å². The van der Waals surface area contributed by atoms with Gasteiger partial charge in [0.1, 0.15) is 18.0 Å². The van der Waals surface area contributed by atoms with Gasteiger partial charge in [0.25, 0.3) is 11.8 Å². The second-order valence-corrected chi connectivity index (χ2v) is 11.3. The lowest BCUT2D eigenvalue weighted by Gasteiger charge is -2.36. The summed E-state index contributed by atoms with van der Waals surface area (Å²) < 4.78 is 16.4. The Balaban J connectivity index is 1.70. The number of ether oxygens (including phenoxy) is 3. The maximum Gasteiger partial charge on any atom is 0.375 e. The van der Waals surface area contributed by atoms with Crippen molar-refractivity contribution in [1.29, 1.82) is 0 Å². The molecule has 4 rings (SSSR count). The molecule has 1 aliphatic rings. The monoisotopic (exact) mass is 648 g/mol. The molecule has 1 heterocycles. The summed E-state index contributed by atoms with van der Waals surface area (Å²) in [6.07, 6.45) is -3.38. The third-order valence-corrected chi connectivity index (χ3v) is 7.85. The minimum atomic E-state index is -3.13. The Hall–Kier alpha value is -5.27. The summed E-state index contributed by atoms with van der Waals surface area (Å²) >= 11 is 0. The van der Waals surface area contributed by atoms with Crippen LogP contribution in [0.3, 0.4) is 0 Å². The molecule has 13 nitrogen and oxygen atoms in total. The first kappa shape index (κ1) is 34.6. The maximum absolute atomic E-state index is 14.1. The van der Waals surface area contributed by atoms with Crippen LogP contribution in [0.4, 0.5) is 0 Å². The molecule has 0 radical (unpaired) electrons. The van der Waals surface area contributed by atoms with Crippen LogP contribution < -0.4 is 4.74 Å². The molecule has 0 spiro atoms. The highest BCUT2D eigenvalue weighted by Crippen LogP contribution is 2.36. The molecule has 5 atom stereocenters. The fraction of sp³-hybridized carbons (Fsp3) is 0.324. The molecule has 1 fully saturated rings. The fourth-order valence-corrected chi connectivity index (χ4v) is 5.47. The van der Waals surface area contributed by atoms with Crippen LogP contribution in [0.25, 0.3) is 0 Å². The van der Waals surface area contributed by atoms with Crippen LogP contribution in [0.2, 0.25) is 0 Å². The molecule has 2 amide bonds. The summed E-state index contributed by atoms with van der Waals surface area (Å²) in [6.45, 7) is 0.747. The number of likely N-dealkylation sites (N-methyl/N-ethyl adjacent to an activating group) is 1. The van der Waals surface area contributed by atoms with Crippen molar-refractivity contribution in [1.82, 2.24) is 9.80 Å². The molecule has 3 aromatic carbocycles. The Morgan fingerprint density at radius 1 is 0.809 bits per heavy atom. The van der Waals surface area contributed by atoms with Crippen LogP contribution in [0.15, 0.2) is 84.9 Å². The van der Waals surface area contributed by atoms with Crippen LogP contribution in [-0.4, -0.2) is 99.5 Å². The van der Waals surface area contributed by atoms with Crippen LogP contribution in [-0.2, 0) is 39.9 Å². The quantitative estimate of drug-likeness (QED) is 0.219.